The van der Waals surface area contributed by atoms with Gasteiger partial charge in [-0.15, -0.1) is 0 Å². The van der Waals surface area contributed by atoms with Gasteiger partial charge in [0.05, 0.1) is 0 Å². The zero-order valence-corrected chi connectivity index (χ0v) is 5.53. The van der Waals surface area contributed by atoms with Gasteiger partial charge in [0.25, 0.3) is 0 Å². The van der Waals surface area contributed by atoms with Crippen LogP contribution in [0.3, 0.4) is 0 Å². The van der Waals surface area contributed by atoms with E-state index >= 15 is 0 Å². The van der Waals surface area contributed by atoms with E-state index in [1.54, 1.807) is 0 Å². The normalized spacial score (nSPS) is 16.2. The van der Waals surface area contributed by atoms with Gasteiger partial charge in [-0.3, -0.25) is 0 Å². The lowest BCUT2D eigenvalue weighted by Gasteiger charge is -1.76. The van der Waals surface area contributed by atoms with Crippen LogP contribution in [-0.2, 0) is 4.74 Å². The number of hydrogen-bond acceptors (Lipinski definition) is 1. The summed E-state index contributed by atoms with van der Waals surface area (Å²) in [6.45, 7) is 4.29. The van der Waals surface area contributed by atoms with Crippen molar-refractivity contribution in [2.24, 2.45) is 0 Å². The van der Waals surface area contributed by atoms with Gasteiger partial charge >= 0.3 is 0 Å². The monoisotopic (exact) mass is 112 g/mol. The Hall–Kier alpha value is -0.460. The molecule has 0 bridgehead atoms. The quantitative estimate of drug-likeness (QED) is 0.546. The highest BCUT2D eigenvalue weighted by Crippen LogP contribution is 2.31. The number of hydrogen-bond donors (Lipinski definition) is 0. The molecule has 1 aliphatic heterocycles. The van der Waals surface area contributed by atoms with Gasteiger partial charge in [0.15, 0.2) is 0 Å². The fourth-order valence-electron chi connectivity index (χ4n) is 0.810. The van der Waals surface area contributed by atoms with Crippen LogP contribution in [-0.4, -0.2) is 0 Å². The standard InChI is InChI=1S/C7H12O/c1-3-5-7-6(4-2)8-7/h3-5H2,1-2H3. The second-order valence-electron chi connectivity index (χ2n) is 2.05. The molecule has 0 atom stereocenters. The highest BCUT2D eigenvalue weighted by molar-refractivity contribution is 5.16. The molecule has 0 aliphatic carbocycles. The first-order chi connectivity index (χ1) is 3.88. The van der Waals surface area contributed by atoms with Gasteiger partial charge in [0, 0.05) is 12.8 Å². The van der Waals surface area contributed by atoms with Gasteiger partial charge < -0.3 is 4.74 Å². The third-order valence-corrected chi connectivity index (χ3v) is 1.31. The van der Waals surface area contributed by atoms with Crippen LogP contribution in [0.2, 0.25) is 0 Å². The Morgan fingerprint density at radius 2 is 2.00 bits per heavy atom. The molecule has 0 spiro atoms. The fraction of sp³-hybridized carbons (Fsp3) is 0.714. The molecule has 0 amide bonds. The van der Waals surface area contributed by atoms with Crippen molar-refractivity contribution in [2.75, 3.05) is 0 Å². The molecule has 0 aromatic carbocycles. The number of allylic oxidation sites excluding steroid dienone is 2. The Labute approximate surface area is 50.3 Å². The van der Waals surface area contributed by atoms with Crippen LogP contribution in [0.4, 0.5) is 0 Å². The van der Waals surface area contributed by atoms with E-state index in [4.69, 9.17) is 4.74 Å². The van der Waals surface area contributed by atoms with Gasteiger partial charge in [-0.05, 0) is 6.42 Å². The first-order valence-corrected chi connectivity index (χ1v) is 3.28. The van der Waals surface area contributed by atoms with Crippen molar-refractivity contribution in [3.63, 3.8) is 0 Å². The summed E-state index contributed by atoms with van der Waals surface area (Å²) < 4.78 is 5.14. The average Bonchev–Trinajstić information content (AvgIpc) is 2.48. The van der Waals surface area contributed by atoms with E-state index in [1.165, 1.54) is 17.9 Å². The summed E-state index contributed by atoms with van der Waals surface area (Å²) in [6, 6.07) is 0. The highest BCUT2D eigenvalue weighted by Gasteiger charge is 2.20. The molecular formula is C7H12O. The minimum atomic E-state index is 1.08. The minimum absolute atomic E-state index is 1.08. The van der Waals surface area contributed by atoms with Crippen LogP contribution in [0.1, 0.15) is 33.1 Å². The first kappa shape index (κ1) is 5.67. The Morgan fingerprint density at radius 1 is 1.25 bits per heavy atom. The zero-order chi connectivity index (χ0) is 5.98. The summed E-state index contributed by atoms with van der Waals surface area (Å²) in [6.07, 6.45) is 3.43. The van der Waals surface area contributed by atoms with E-state index < -0.39 is 0 Å². The second-order valence-corrected chi connectivity index (χ2v) is 2.05. The molecule has 0 aromatic heterocycles. The van der Waals surface area contributed by atoms with Gasteiger partial charge in [0.1, 0.15) is 11.5 Å². The van der Waals surface area contributed by atoms with Crippen LogP contribution >= 0.6 is 0 Å². The molecule has 1 aliphatic rings. The fourth-order valence-corrected chi connectivity index (χ4v) is 0.810. The summed E-state index contributed by atoms with van der Waals surface area (Å²) in [7, 11) is 0. The maximum Gasteiger partial charge on any atom is 0.142 e. The van der Waals surface area contributed by atoms with Gasteiger partial charge in [-0.25, -0.2) is 0 Å². The molecule has 46 valence electrons. The van der Waals surface area contributed by atoms with Gasteiger partial charge in [-0.2, -0.15) is 0 Å². The second kappa shape index (κ2) is 2.21. The molecule has 0 saturated heterocycles. The molecule has 0 aromatic rings. The summed E-state index contributed by atoms with van der Waals surface area (Å²) in [4.78, 5) is 0. The van der Waals surface area contributed by atoms with Crippen molar-refractivity contribution in [1.29, 1.82) is 0 Å². The third-order valence-electron chi connectivity index (χ3n) is 1.31. The van der Waals surface area contributed by atoms with Crippen LogP contribution in [0.5, 0.6) is 0 Å². The smallest absolute Gasteiger partial charge is 0.142 e. The maximum absolute atomic E-state index is 5.14. The summed E-state index contributed by atoms with van der Waals surface area (Å²) in [5.41, 5.74) is 0. The lowest BCUT2D eigenvalue weighted by atomic mass is 10.3. The molecule has 0 radical (unpaired) electrons. The van der Waals surface area contributed by atoms with E-state index in [0.717, 1.165) is 12.8 Å². The molecule has 0 fully saturated rings. The van der Waals surface area contributed by atoms with Crippen LogP contribution < -0.4 is 0 Å². The predicted molar refractivity (Wildman–Crippen MR) is 33.3 cm³/mol. The molecule has 1 rings (SSSR count). The van der Waals surface area contributed by atoms with Crippen molar-refractivity contribution in [3.8, 4) is 0 Å². The summed E-state index contributed by atoms with van der Waals surface area (Å²) in [5.74, 6) is 2.47. The van der Waals surface area contributed by atoms with Gasteiger partial charge in [0.2, 0.25) is 0 Å². The molecule has 1 nitrogen and oxygen atoms in total. The molecule has 0 unspecified atom stereocenters. The minimum Gasteiger partial charge on any atom is -0.459 e. The van der Waals surface area contributed by atoms with E-state index in [9.17, 15) is 0 Å². The molecule has 1 heteroatoms. The summed E-state index contributed by atoms with van der Waals surface area (Å²) in [5, 5.41) is 0. The van der Waals surface area contributed by atoms with Crippen LogP contribution in [0.15, 0.2) is 11.5 Å². The molecule has 1 heterocycles. The number of ether oxygens (including phenoxy) is 1. The van der Waals surface area contributed by atoms with Crippen molar-refractivity contribution >= 4 is 0 Å². The van der Waals surface area contributed by atoms with E-state index in [1.807, 2.05) is 0 Å². The largest absolute Gasteiger partial charge is 0.459 e. The molecule has 8 heavy (non-hydrogen) atoms. The highest BCUT2D eigenvalue weighted by atomic mass is 16.6. The first-order valence-electron chi connectivity index (χ1n) is 3.28. The van der Waals surface area contributed by atoms with E-state index in [0.29, 0.717) is 0 Å². The topological polar surface area (TPSA) is 12.5 Å². The lowest BCUT2D eigenvalue weighted by Crippen LogP contribution is -1.61. The zero-order valence-electron chi connectivity index (χ0n) is 5.53. The lowest BCUT2D eigenvalue weighted by molar-refractivity contribution is 0.442. The van der Waals surface area contributed by atoms with Crippen molar-refractivity contribution in [2.45, 2.75) is 33.1 Å². The van der Waals surface area contributed by atoms with Crippen LogP contribution in [0, 0.1) is 0 Å². The van der Waals surface area contributed by atoms with Gasteiger partial charge in [-0.1, -0.05) is 13.8 Å². The third kappa shape index (κ3) is 1.03. The van der Waals surface area contributed by atoms with E-state index in [-0.39, 0.29) is 0 Å². The maximum atomic E-state index is 5.14. The van der Waals surface area contributed by atoms with Crippen molar-refractivity contribution < 1.29 is 4.74 Å². The van der Waals surface area contributed by atoms with Crippen LogP contribution in [0.25, 0.3) is 0 Å². The Kier molecular flexibility index (Phi) is 1.56. The predicted octanol–water partition coefficient (Wildman–Crippen LogP) is 2.44. The Balaban J connectivity index is 2.20. The van der Waals surface area contributed by atoms with E-state index in [2.05, 4.69) is 13.8 Å². The summed E-state index contributed by atoms with van der Waals surface area (Å²) >= 11 is 0. The average molecular weight is 112 g/mol. The molecule has 0 N–H and O–H groups in total. The Morgan fingerprint density at radius 3 is 2.38 bits per heavy atom. The SMILES string of the molecule is CCCC1=C(CC)O1. The molecule has 0 saturated carbocycles. The number of rotatable bonds is 3. The van der Waals surface area contributed by atoms with Crippen molar-refractivity contribution in [3.05, 3.63) is 11.5 Å². The molecular weight excluding hydrogens is 100 g/mol. The van der Waals surface area contributed by atoms with Crippen molar-refractivity contribution in [1.82, 2.24) is 0 Å². The Bertz CT molecular complexity index is 114.